The Balaban J connectivity index is 1.74. The second-order valence-corrected chi connectivity index (χ2v) is 5.52. The van der Waals surface area contributed by atoms with Gasteiger partial charge in [0.1, 0.15) is 11.6 Å². The number of carbonyl (C=O) groups excluding carboxylic acids is 2. The first kappa shape index (κ1) is 15.3. The van der Waals surface area contributed by atoms with Crippen LogP contribution in [0.1, 0.15) is 17.5 Å². The van der Waals surface area contributed by atoms with E-state index in [2.05, 4.69) is 4.98 Å². The van der Waals surface area contributed by atoms with Gasteiger partial charge in [0, 0.05) is 18.8 Å². The highest BCUT2D eigenvalue weighted by atomic mass is 19.1. The van der Waals surface area contributed by atoms with Gasteiger partial charge < -0.3 is 0 Å². The minimum Gasteiger partial charge on any atom is -0.278 e. The summed E-state index contributed by atoms with van der Waals surface area (Å²) in [5.41, 5.74) is 0.853. The Morgan fingerprint density at radius 2 is 2.04 bits per heavy atom. The Labute approximate surface area is 131 Å². The number of hydrogen-bond acceptors (Lipinski definition) is 3. The van der Waals surface area contributed by atoms with Crippen LogP contribution in [-0.4, -0.2) is 21.7 Å². The highest BCUT2D eigenvalue weighted by molar-refractivity contribution is 6.03. The van der Waals surface area contributed by atoms with Gasteiger partial charge in [0.2, 0.25) is 11.8 Å². The number of amides is 2. The Hall–Kier alpha value is -2.63. The number of nitrogens with zero attached hydrogens (tertiary/aromatic N) is 2. The van der Waals surface area contributed by atoms with Gasteiger partial charge >= 0.3 is 0 Å². The lowest BCUT2D eigenvalue weighted by Crippen LogP contribution is -2.30. The summed E-state index contributed by atoms with van der Waals surface area (Å²) < 4.78 is 26.9. The highest BCUT2D eigenvalue weighted by Crippen LogP contribution is 2.26. The third-order valence-corrected chi connectivity index (χ3v) is 3.87. The molecule has 6 heteroatoms. The van der Waals surface area contributed by atoms with Gasteiger partial charge in [-0.2, -0.15) is 0 Å². The molecule has 2 heterocycles. The number of imide groups is 1. The fourth-order valence-electron chi connectivity index (χ4n) is 2.72. The van der Waals surface area contributed by atoms with E-state index >= 15 is 0 Å². The molecule has 1 aliphatic heterocycles. The molecular weight excluding hydrogens is 302 g/mol. The number of pyridine rings is 1. The minimum absolute atomic E-state index is 0.00898. The normalized spacial score (nSPS) is 17.8. The summed E-state index contributed by atoms with van der Waals surface area (Å²) in [5.74, 6) is -2.46. The topological polar surface area (TPSA) is 50.3 Å². The van der Waals surface area contributed by atoms with Crippen molar-refractivity contribution in [1.29, 1.82) is 0 Å². The van der Waals surface area contributed by atoms with Crippen LogP contribution in [0.25, 0.3) is 0 Å². The number of aromatic nitrogens is 1. The molecule has 1 aromatic carbocycles. The number of carbonyl (C=O) groups is 2. The lowest BCUT2D eigenvalue weighted by atomic mass is 9.97. The lowest BCUT2D eigenvalue weighted by molar-refractivity contribution is -0.140. The Bertz CT molecular complexity index is 750. The van der Waals surface area contributed by atoms with E-state index in [1.807, 2.05) is 0 Å². The lowest BCUT2D eigenvalue weighted by Gasteiger charge is -2.15. The Kier molecular flexibility index (Phi) is 4.14. The molecule has 0 bridgehead atoms. The molecular formula is C17H14F2N2O2. The molecule has 2 aromatic rings. The van der Waals surface area contributed by atoms with Crippen molar-refractivity contribution in [2.24, 2.45) is 5.92 Å². The molecule has 0 aliphatic carbocycles. The SMILES string of the molecule is O=C1CC(Cc2cc(F)ccc2F)C(=O)N1Cc1cccnc1. The second kappa shape index (κ2) is 6.24. The van der Waals surface area contributed by atoms with E-state index in [4.69, 9.17) is 0 Å². The average Bonchev–Trinajstić information content (AvgIpc) is 2.80. The zero-order chi connectivity index (χ0) is 16.4. The number of halogens is 2. The maximum Gasteiger partial charge on any atom is 0.233 e. The summed E-state index contributed by atoms with van der Waals surface area (Å²) in [6.07, 6.45) is 3.21. The van der Waals surface area contributed by atoms with Crippen LogP contribution >= 0.6 is 0 Å². The molecule has 118 valence electrons. The van der Waals surface area contributed by atoms with Crippen LogP contribution in [0.2, 0.25) is 0 Å². The molecule has 1 unspecified atom stereocenters. The van der Waals surface area contributed by atoms with Crippen molar-refractivity contribution in [3.05, 3.63) is 65.5 Å². The predicted octanol–water partition coefficient (Wildman–Crippen LogP) is 2.48. The van der Waals surface area contributed by atoms with Gasteiger partial charge in [-0.3, -0.25) is 19.5 Å². The van der Waals surface area contributed by atoms with Gasteiger partial charge in [0.15, 0.2) is 0 Å². The van der Waals surface area contributed by atoms with Crippen molar-refractivity contribution in [3.8, 4) is 0 Å². The van der Waals surface area contributed by atoms with Crippen LogP contribution in [0.5, 0.6) is 0 Å². The van der Waals surface area contributed by atoms with Crippen molar-refractivity contribution in [2.45, 2.75) is 19.4 Å². The standard InChI is InChI=1S/C17H14F2N2O2/c18-14-3-4-15(19)12(7-14)6-13-8-16(22)21(17(13)23)10-11-2-1-5-20-9-11/h1-5,7,9,13H,6,8,10H2. The number of hydrogen-bond donors (Lipinski definition) is 0. The minimum atomic E-state index is -0.657. The molecule has 23 heavy (non-hydrogen) atoms. The first-order chi connectivity index (χ1) is 11.0. The van der Waals surface area contributed by atoms with Crippen LogP contribution in [0.4, 0.5) is 8.78 Å². The second-order valence-electron chi connectivity index (χ2n) is 5.52. The van der Waals surface area contributed by atoms with Crippen molar-refractivity contribution < 1.29 is 18.4 Å². The van der Waals surface area contributed by atoms with Gasteiger partial charge in [-0.05, 0) is 41.8 Å². The fraction of sp³-hybridized carbons (Fsp3) is 0.235. The van der Waals surface area contributed by atoms with E-state index in [0.717, 1.165) is 28.7 Å². The van der Waals surface area contributed by atoms with E-state index in [-0.39, 0.29) is 36.8 Å². The summed E-state index contributed by atoms with van der Waals surface area (Å²) in [6.45, 7) is 0.146. The molecule has 3 rings (SSSR count). The van der Waals surface area contributed by atoms with E-state index in [1.165, 1.54) is 0 Å². The number of likely N-dealkylation sites (tertiary alicyclic amines) is 1. The van der Waals surface area contributed by atoms with Crippen LogP contribution in [-0.2, 0) is 22.6 Å². The monoisotopic (exact) mass is 316 g/mol. The maximum atomic E-state index is 13.7. The first-order valence-electron chi connectivity index (χ1n) is 7.21. The molecule has 0 saturated carbocycles. The van der Waals surface area contributed by atoms with Gasteiger partial charge in [-0.1, -0.05) is 6.07 Å². The number of rotatable bonds is 4. The van der Waals surface area contributed by atoms with Crippen LogP contribution in [0.3, 0.4) is 0 Å². The fourth-order valence-corrected chi connectivity index (χ4v) is 2.72. The van der Waals surface area contributed by atoms with E-state index < -0.39 is 17.6 Å². The molecule has 1 saturated heterocycles. The Morgan fingerprint density at radius 1 is 1.22 bits per heavy atom. The van der Waals surface area contributed by atoms with E-state index in [0.29, 0.717) is 0 Å². The summed E-state index contributed by atoms with van der Waals surface area (Å²) in [4.78, 5) is 29.5. The molecule has 1 fully saturated rings. The molecule has 1 aromatic heterocycles. The maximum absolute atomic E-state index is 13.7. The summed E-state index contributed by atoms with van der Waals surface area (Å²) in [7, 11) is 0. The highest BCUT2D eigenvalue weighted by Gasteiger charge is 2.38. The summed E-state index contributed by atoms with van der Waals surface area (Å²) in [5, 5.41) is 0. The van der Waals surface area contributed by atoms with E-state index in [9.17, 15) is 18.4 Å². The smallest absolute Gasteiger partial charge is 0.233 e. The molecule has 0 N–H and O–H groups in total. The van der Waals surface area contributed by atoms with Gasteiger partial charge in [-0.25, -0.2) is 8.78 Å². The average molecular weight is 316 g/mol. The van der Waals surface area contributed by atoms with Crippen molar-refractivity contribution in [3.63, 3.8) is 0 Å². The molecule has 1 atom stereocenters. The summed E-state index contributed by atoms with van der Waals surface area (Å²) in [6, 6.07) is 6.61. The number of benzene rings is 1. The van der Waals surface area contributed by atoms with E-state index in [1.54, 1.807) is 24.5 Å². The van der Waals surface area contributed by atoms with Crippen molar-refractivity contribution in [1.82, 2.24) is 9.88 Å². The molecule has 4 nitrogen and oxygen atoms in total. The quantitative estimate of drug-likeness (QED) is 0.814. The zero-order valence-corrected chi connectivity index (χ0v) is 12.2. The van der Waals surface area contributed by atoms with Crippen LogP contribution < -0.4 is 0 Å². The van der Waals surface area contributed by atoms with Gasteiger partial charge in [-0.15, -0.1) is 0 Å². The van der Waals surface area contributed by atoms with Crippen LogP contribution in [0.15, 0.2) is 42.7 Å². The predicted molar refractivity (Wildman–Crippen MR) is 78.0 cm³/mol. The molecule has 2 amide bonds. The van der Waals surface area contributed by atoms with Gasteiger partial charge in [0.05, 0.1) is 12.5 Å². The first-order valence-corrected chi connectivity index (χ1v) is 7.21. The van der Waals surface area contributed by atoms with Gasteiger partial charge in [0.25, 0.3) is 0 Å². The molecule has 0 spiro atoms. The molecule has 0 radical (unpaired) electrons. The Morgan fingerprint density at radius 3 is 2.78 bits per heavy atom. The third kappa shape index (κ3) is 3.26. The largest absolute Gasteiger partial charge is 0.278 e. The van der Waals surface area contributed by atoms with Crippen molar-refractivity contribution >= 4 is 11.8 Å². The third-order valence-electron chi connectivity index (χ3n) is 3.87. The molecule has 1 aliphatic rings. The summed E-state index contributed by atoms with van der Waals surface area (Å²) >= 11 is 0. The van der Waals surface area contributed by atoms with Crippen LogP contribution in [0, 0.1) is 17.6 Å². The van der Waals surface area contributed by atoms with Crippen molar-refractivity contribution in [2.75, 3.05) is 0 Å². The zero-order valence-electron chi connectivity index (χ0n) is 12.2.